The van der Waals surface area contributed by atoms with Gasteiger partial charge in [0.05, 0.1) is 11.4 Å². The Balaban J connectivity index is 1.95. The van der Waals surface area contributed by atoms with Gasteiger partial charge in [0.25, 0.3) is 0 Å². The first-order valence-corrected chi connectivity index (χ1v) is 10.9. The molecule has 2 rings (SSSR count). The third-order valence-corrected chi connectivity index (χ3v) is 6.90. The van der Waals surface area contributed by atoms with E-state index in [2.05, 4.69) is 40.7 Å². The van der Waals surface area contributed by atoms with E-state index < -0.39 is 14.6 Å². The van der Waals surface area contributed by atoms with E-state index in [0.717, 1.165) is 23.5 Å². The molecular formula is C19H31N3O3S. The monoisotopic (exact) mass is 381 g/mol. The lowest BCUT2D eigenvalue weighted by atomic mass is 10.1. The van der Waals surface area contributed by atoms with E-state index in [1.807, 2.05) is 0 Å². The molecule has 0 saturated heterocycles. The van der Waals surface area contributed by atoms with Gasteiger partial charge in [-0.15, -0.1) is 0 Å². The van der Waals surface area contributed by atoms with Crippen molar-refractivity contribution in [3.63, 3.8) is 0 Å². The average molecular weight is 382 g/mol. The van der Waals surface area contributed by atoms with E-state index in [1.54, 1.807) is 20.9 Å². The Labute approximate surface area is 157 Å². The molecule has 0 atom stereocenters. The quantitative estimate of drug-likeness (QED) is 0.533. The van der Waals surface area contributed by atoms with Gasteiger partial charge in [-0.3, -0.25) is 4.99 Å². The van der Waals surface area contributed by atoms with Gasteiger partial charge in [-0.25, -0.2) is 8.42 Å². The number of aryl methyl sites for hydroxylation is 1. The number of ether oxygens (including phenoxy) is 1. The SMILES string of the molecule is CN=C(NCc1ccc(C)cc1OCC1CC1)NCC(C)(C)S(C)(=O)=O. The second-order valence-corrected chi connectivity index (χ2v) is 10.3. The summed E-state index contributed by atoms with van der Waals surface area (Å²) < 4.78 is 28.8. The van der Waals surface area contributed by atoms with Crippen LogP contribution in [0.4, 0.5) is 0 Å². The highest BCUT2D eigenvalue weighted by molar-refractivity contribution is 7.92. The van der Waals surface area contributed by atoms with Crippen LogP contribution >= 0.6 is 0 Å². The molecule has 0 heterocycles. The molecule has 6 nitrogen and oxygen atoms in total. The highest BCUT2D eigenvalue weighted by Gasteiger charge is 2.30. The van der Waals surface area contributed by atoms with Crippen LogP contribution < -0.4 is 15.4 Å². The number of nitrogens with zero attached hydrogens (tertiary/aromatic N) is 1. The number of hydrogen-bond acceptors (Lipinski definition) is 4. The van der Waals surface area contributed by atoms with Gasteiger partial charge >= 0.3 is 0 Å². The summed E-state index contributed by atoms with van der Waals surface area (Å²) in [4.78, 5) is 4.18. The zero-order chi connectivity index (χ0) is 19.4. The molecule has 0 radical (unpaired) electrons. The van der Waals surface area contributed by atoms with Crippen molar-refractivity contribution in [2.75, 3.05) is 26.5 Å². The molecule has 1 aliphatic carbocycles. The molecule has 0 aromatic heterocycles. The summed E-state index contributed by atoms with van der Waals surface area (Å²) >= 11 is 0. The van der Waals surface area contributed by atoms with Gasteiger partial charge in [0.1, 0.15) is 5.75 Å². The molecule has 1 saturated carbocycles. The summed E-state index contributed by atoms with van der Waals surface area (Å²) in [5, 5.41) is 6.33. The summed E-state index contributed by atoms with van der Waals surface area (Å²) in [7, 11) is -1.49. The first-order valence-electron chi connectivity index (χ1n) is 8.99. The molecule has 146 valence electrons. The van der Waals surface area contributed by atoms with E-state index in [-0.39, 0.29) is 6.54 Å². The Morgan fingerprint density at radius 2 is 2.00 bits per heavy atom. The van der Waals surface area contributed by atoms with Crippen molar-refractivity contribution >= 4 is 15.8 Å². The number of benzene rings is 1. The smallest absolute Gasteiger partial charge is 0.191 e. The first-order chi connectivity index (χ1) is 12.1. The molecule has 1 aromatic rings. The van der Waals surface area contributed by atoms with Gasteiger partial charge in [0, 0.05) is 32.0 Å². The topological polar surface area (TPSA) is 79.8 Å². The van der Waals surface area contributed by atoms with E-state index >= 15 is 0 Å². The lowest BCUT2D eigenvalue weighted by Gasteiger charge is -2.24. The number of guanidine groups is 1. The van der Waals surface area contributed by atoms with Crippen LogP contribution in [0.2, 0.25) is 0 Å². The third kappa shape index (κ3) is 5.90. The largest absolute Gasteiger partial charge is 0.493 e. The van der Waals surface area contributed by atoms with E-state index in [1.165, 1.54) is 19.1 Å². The van der Waals surface area contributed by atoms with Crippen molar-refractivity contribution < 1.29 is 13.2 Å². The molecule has 26 heavy (non-hydrogen) atoms. The third-order valence-electron chi connectivity index (χ3n) is 4.75. The highest BCUT2D eigenvalue weighted by atomic mass is 32.2. The molecule has 1 aromatic carbocycles. The van der Waals surface area contributed by atoms with E-state index in [0.29, 0.717) is 18.4 Å². The molecule has 7 heteroatoms. The maximum atomic E-state index is 11.8. The second kappa shape index (κ2) is 8.29. The van der Waals surface area contributed by atoms with Gasteiger partial charge in [-0.05, 0) is 51.2 Å². The lowest BCUT2D eigenvalue weighted by Crippen LogP contribution is -2.47. The van der Waals surface area contributed by atoms with Crippen molar-refractivity contribution in [1.82, 2.24) is 10.6 Å². The van der Waals surface area contributed by atoms with Gasteiger partial charge < -0.3 is 15.4 Å². The molecular weight excluding hydrogens is 350 g/mol. The van der Waals surface area contributed by atoms with Crippen LogP contribution in [0.25, 0.3) is 0 Å². The predicted molar refractivity (Wildman–Crippen MR) is 107 cm³/mol. The maximum Gasteiger partial charge on any atom is 0.191 e. The minimum Gasteiger partial charge on any atom is -0.493 e. The fourth-order valence-corrected chi connectivity index (χ4v) is 2.60. The molecule has 0 aliphatic heterocycles. The highest BCUT2D eigenvalue weighted by Crippen LogP contribution is 2.30. The van der Waals surface area contributed by atoms with Gasteiger partial charge in [0.15, 0.2) is 15.8 Å². The Hall–Kier alpha value is -1.76. The Bertz CT molecular complexity index is 753. The van der Waals surface area contributed by atoms with Crippen LogP contribution in [0.1, 0.15) is 37.8 Å². The van der Waals surface area contributed by atoms with E-state index in [9.17, 15) is 8.42 Å². The van der Waals surface area contributed by atoms with Crippen molar-refractivity contribution in [3.8, 4) is 5.75 Å². The normalized spacial score (nSPS) is 15.7. The molecule has 2 N–H and O–H groups in total. The Kier molecular flexibility index (Phi) is 6.55. The first kappa shape index (κ1) is 20.6. The number of rotatable bonds is 8. The maximum absolute atomic E-state index is 11.8. The Morgan fingerprint density at radius 1 is 1.31 bits per heavy atom. The predicted octanol–water partition coefficient (Wildman–Crippen LogP) is 2.27. The zero-order valence-electron chi connectivity index (χ0n) is 16.4. The number of sulfone groups is 1. The fourth-order valence-electron chi connectivity index (χ4n) is 2.26. The standard InChI is InChI=1S/C19H31N3O3S/c1-14-6-9-16(17(10-14)25-12-15-7-8-15)11-21-18(20-4)22-13-19(2,3)26(5,23)24/h6,9-10,15H,7-8,11-13H2,1-5H3,(H2,20,21,22). The van der Waals surface area contributed by atoms with Crippen LogP contribution in [-0.4, -0.2) is 45.6 Å². The van der Waals surface area contributed by atoms with Crippen LogP contribution in [0, 0.1) is 12.8 Å². The summed E-state index contributed by atoms with van der Waals surface area (Å²) in [5.74, 6) is 2.16. The number of nitrogens with one attached hydrogen (secondary N) is 2. The number of aliphatic imine (C=N–C) groups is 1. The van der Waals surface area contributed by atoms with E-state index in [4.69, 9.17) is 4.74 Å². The molecule has 0 unspecified atom stereocenters. The van der Waals surface area contributed by atoms with Gasteiger partial charge in [-0.1, -0.05) is 12.1 Å². The summed E-state index contributed by atoms with van der Waals surface area (Å²) in [5.41, 5.74) is 2.22. The van der Waals surface area contributed by atoms with Crippen LogP contribution in [0.3, 0.4) is 0 Å². The summed E-state index contributed by atoms with van der Waals surface area (Å²) in [6, 6.07) is 6.17. The number of hydrogen-bond donors (Lipinski definition) is 2. The van der Waals surface area contributed by atoms with Gasteiger partial charge in [-0.2, -0.15) is 0 Å². The minimum absolute atomic E-state index is 0.282. The molecule has 0 amide bonds. The average Bonchev–Trinajstić information content (AvgIpc) is 3.37. The van der Waals surface area contributed by atoms with Crippen LogP contribution in [0.15, 0.2) is 23.2 Å². The minimum atomic E-state index is -3.16. The molecule has 0 bridgehead atoms. The fraction of sp³-hybridized carbons (Fsp3) is 0.632. The molecule has 1 aliphatic rings. The second-order valence-electron chi connectivity index (χ2n) is 7.68. The van der Waals surface area contributed by atoms with Gasteiger partial charge in [0.2, 0.25) is 0 Å². The van der Waals surface area contributed by atoms with Crippen molar-refractivity contribution in [3.05, 3.63) is 29.3 Å². The van der Waals surface area contributed by atoms with Crippen molar-refractivity contribution in [2.24, 2.45) is 10.9 Å². The Morgan fingerprint density at radius 3 is 2.58 bits per heavy atom. The van der Waals surface area contributed by atoms with Crippen molar-refractivity contribution in [2.45, 2.75) is 44.9 Å². The lowest BCUT2D eigenvalue weighted by molar-refractivity contribution is 0.296. The van der Waals surface area contributed by atoms with Crippen LogP contribution in [-0.2, 0) is 16.4 Å². The molecule has 1 fully saturated rings. The zero-order valence-corrected chi connectivity index (χ0v) is 17.2. The van der Waals surface area contributed by atoms with Crippen LogP contribution in [0.5, 0.6) is 5.75 Å². The molecule has 0 spiro atoms. The van der Waals surface area contributed by atoms with Crippen molar-refractivity contribution in [1.29, 1.82) is 0 Å². The summed E-state index contributed by atoms with van der Waals surface area (Å²) in [6.07, 6.45) is 3.76. The summed E-state index contributed by atoms with van der Waals surface area (Å²) in [6.45, 7) is 7.06.